The molecule has 7 heteroatoms. The normalized spacial score (nSPS) is 16.0. The Morgan fingerprint density at radius 2 is 2.05 bits per heavy atom. The average Bonchev–Trinajstić information content (AvgIpc) is 2.40. The maximum Gasteiger partial charge on any atom is 0.412 e. The Morgan fingerprint density at radius 1 is 1.35 bits per heavy atom. The quantitative estimate of drug-likeness (QED) is 0.639. The first-order valence-corrected chi connectivity index (χ1v) is 6.28. The summed E-state index contributed by atoms with van der Waals surface area (Å²) in [6.07, 6.45) is -3.51. The van der Waals surface area contributed by atoms with Crippen molar-refractivity contribution in [3.8, 4) is 0 Å². The number of amides is 1. The van der Waals surface area contributed by atoms with Gasteiger partial charge in [0.25, 0.3) is 5.91 Å². The van der Waals surface area contributed by atoms with Crippen molar-refractivity contribution in [1.29, 1.82) is 0 Å². The molecule has 0 saturated heterocycles. The molecule has 3 nitrogen and oxygen atoms in total. The van der Waals surface area contributed by atoms with Crippen molar-refractivity contribution < 1.29 is 18.0 Å². The first kappa shape index (κ1) is 14.7. The van der Waals surface area contributed by atoms with Crippen LogP contribution in [0.25, 0.3) is 0 Å². The standard InChI is InChI=1S/C13H12ClF3N2O/c14-10-3-1-2-9(11(10)18)12(20)19-6-4-8(5-7-19)13(15,16)17/h1-4H,5-7,18H2. The van der Waals surface area contributed by atoms with Crippen molar-refractivity contribution in [2.24, 2.45) is 0 Å². The number of halogens is 4. The van der Waals surface area contributed by atoms with Crippen molar-refractivity contribution in [3.63, 3.8) is 0 Å². The Balaban J connectivity index is 2.17. The van der Waals surface area contributed by atoms with Crippen LogP contribution in [0.4, 0.5) is 18.9 Å². The fourth-order valence-electron chi connectivity index (χ4n) is 2.00. The van der Waals surface area contributed by atoms with E-state index in [1.807, 2.05) is 0 Å². The minimum absolute atomic E-state index is 0.0100. The number of nitrogens with zero attached hydrogens (tertiary/aromatic N) is 1. The number of benzene rings is 1. The van der Waals surface area contributed by atoms with E-state index in [2.05, 4.69) is 0 Å². The molecule has 0 fully saturated rings. The van der Waals surface area contributed by atoms with Gasteiger partial charge in [-0.05, 0) is 18.6 Å². The maximum atomic E-state index is 12.5. The fraction of sp³-hybridized carbons (Fsp3) is 0.308. The first-order chi connectivity index (χ1) is 9.30. The molecule has 1 amide bonds. The monoisotopic (exact) mass is 304 g/mol. The van der Waals surface area contributed by atoms with Gasteiger partial charge in [0.1, 0.15) is 0 Å². The van der Waals surface area contributed by atoms with Gasteiger partial charge in [0.05, 0.1) is 16.3 Å². The van der Waals surface area contributed by atoms with Crippen molar-refractivity contribution >= 4 is 23.2 Å². The number of nitrogens with two attached hydrogens (primary N) is 1. The van der Waals surface area contributed by atoms with Crippen LogP contribution in [0, 0.1) is 0 Å². The molecule has 1 aromatic rings. The molecule has 0 spiro atoms. The summed E-state index contributed by atoms with van der Waals surface area (Å²) in [4.78, 5) is 13.5. The number of rotatable bonds is 1. The zero-order valence-electron chi connectivity index (χ0n) is 10.4. The van der Waals surface area contributed by atoms with Crippen LogP contribution in [0.1, 0.15) is 16.8 Å². The number of hydrogen-bond donors (Lipinski definition) is 1. The molecule has 1 aromatic carbocycles. The highest BCUT2D eigenvalue weighted by molar-refractivity contribution is 6.33. The van der Waals surface area contributed by atoms with Crippen LogP contribution in [0.15, 0.2) is 29.8 Å². The number of carbonyl (C=O) groups excluding carboxylic acids is 1. The smallest absolute Gasteiger partial charge is 0.397 e. The largest absolute Gasteiger partial charge is 0.412 e. The van der Waals surface area contributed by atoms with Gasteiger partial charge in [-0.15, -0.1) is 0 Å². The molecule has 0 saturated carbocycles. The third kappa shape index (κ3) is 2.90. The van der Waals surface area contributed by atoms with Crippen LogP contribution in [0.5, 0.6) is 0 Å². The Labute approximate surface area is 118 Å². The zero-order chi connectivity index (χ0) is 14.9. The van der Waals surface area contributed by atoms with Gasteiger partial charge in [-0.3, -0.25) is 4.79 Å². The second kappa shape index (κ2) is 5.36. The van der Waals surface area contributed by atoms with Crippen molar-refractivity contribution in [1.82, 2.24) is 4.90 Å². The van der Waals surface area contributed by atoms with Gasteiger partial charge in [0, 0.05) is 18.7 Å². The van der Waals surface area contributed by atoms with E-state index in [0.29, 0.717) is 0 Å². The van der Waals surface area contributed by atoms with Gasteiger partial charge in [0.2, 0.25) is 0 Å². The SMILES string of the molecule is Nc1c(Cl)cccc1C(=O)N1CC=C(C(F)(F)F)CC1. The topological polar surface area (TPSA) is 46.3 Å². The van der Waals surface area contributed by atoms with Gasteiger partial charge in [-0.25, -0.2) is 0 Å². The summed E-state index contributed by atoms with van der Waals surface area (Å²) in [5, 5.41) is 0.249. The van der Waals surface area contributed by atoms with E-state index in [9.17, 15) is 18.0 Å². The molecule has 1 aliphatic rings. The van der Waals surface area contributed by atoms with Crippen LogP contribution in [-0.4, -0.2) is 30.1 Å². The first-order valence-electron chi connectivity index (χ1n) is 5.90. The third-order valence-corrected chi connectivity index (χ3v) is 3.47. The highest BCUT2D eigenvalue weighted by Crippen LogP contribution is 2.31. The number of carbonyl (C=O) groups is 1. The summed E-state index contributed by atoms with van der Waals surface area (Å²) in [7, 11) is 0. The molecular weight excluding hydrogens is 293 g/mol. The summed E-state index contributed by atoms with van der Waals surface area (Å²) in [6, 6.07) is 4.63. The highest BCUT2D eigenvalue weighted by Gasteiger charge is 2.35. The molecule has 0 aromatic heterocycles. The molecular formula is C13H12ClF3N2O. The lowest BCUT2D eigenvalue weighted by atomic mass is 10.1. The van der Waals surface area contributed by atoms with Crippen LogP contribution in [0.3, 0.4) is 0 Å². The highest BCUT2D eigenvalue weighted by atomic mass is 35.5. The number of alkyl halides is 3. The number of hydrogen-bond acceptors (Lipinski definition) is 2. The molecule has 0 bridgehead atoms. The summed E-state index contributed by atoms with van der Waals surface area (Å²) in [5.41, 5.74) is 5.47. The lowest BCUT2D eigenvalue weighted by Gasteiger charge is -2.27. The van der Waals surface area contributed by atoms with Crippen LogP contribution < -0.4 is 5.73 Å². The molecule has 2 rings (SSSR count). The number of anilines is 1. The van der Waals surface area contributed by atoms with Gasteiger partial charge in [-0.1, -0.05) is 23.7 Å². The van der Waals surface area contributed by atoms with E-state index in [1.54, 1.807) is 12.1 Å². The second-order valence-corrected chi connectivity index (χ2v) is 4.84. The molecule has 2 N–H and O–H groups in total. The predicted molar refractivity (Wildman–Crippen MR) is 70.5 cm³/mol. The molecule has 1 aliphatic heterocycles. The van der Waals surface area contributed by atoms with E-state index in [4.69, 9.17) is 17.3 Å². The molecule has 0 aliphatic carbocycles. The minimum atomic E-state index is -4.33. The predicted octanol–water partition coefficient (Wildman–Crippen LogP) is 3.26. The van der Waals surface area contributed by atoms with Crippen LogP contribution in [0.2, 0.25) is 5.02 Å². The van der Waals surface area contributed by atoms with E-state index in [0.717, 1.165) is 6.08 Å². The van der Waals surface area contributed by atoms with E-state index in [1.165, 1.54) is 11.0 Å². The lowest BCUT2D eigenvalue weighted by molar-refractivity contribution is -0.0957. The second-order valence-electron chi connectivity index (χ2n) is 4.43. The summed E-state index contributed by atoms with van der Waals surface area (Å²) < 4.78 is 37.5. The number of nitrogen functional groups attached to an aromatic ring is 1. The average molecular weight is 305 g/mol. The molecule has 0 unspecified atom stereocenters. The molecule has 20 heavy (non-hydrogen) atoms. The molecule has 0 atom stereocenters. The lowest BCUT2D eigenvalue weighted by Crippen LogP contribution is -2.37. The van der Waals surface area contributed by atoms with Crippen LogP contribution in [-0.2, 0) is 0 Å². The van der Waals surface area contributed by atoms with E-state index < -0.39 is 17.7 Å². The maximum absolute atomic E-state index is 12.5. The van der Waals surface area contributed by atoms with Gasteiger partial charge in [0.15, 0.2) is 0 Å². The molecule has 108 valence electrons. The van der Waals surface area contributed by atoms with E-state index >= 15 is 0 Å². The van der Waals surface area contributed by atoms with Crippen molar-refractivity contribution in [2.75, 3.05) is 18.8 Å². The Hall–Kier alpha value is -1.69. The summed E-state index contributed by atoms with van der Waals surface area (Å²) in [6.45, 7) is -0.0737. The summed E-state index contributed by atoms with van der Waals surface area (Å²) in [5.74, 6) is -0.414. The Bertz CT molecular complexity index is 569. The van der Waals surface area contributed by atoms with Crippen LogP contribution >= 0.6 is 11.6 Å². The van der Waals surface area contributed by atoms with Gasteiger partial charge < -0.3 is 10.6 Å². The number of para-hydroxylation sites is 1. The van der Waals surface area contributed by atoms with Gasteiger partial charge in [-0.2, -0.15) is 13.2 Å². The van der Waals surface area contributed by atoms with Crippen molar-refractivity contribution in [3.05, 3.63) is 40.4 Å². The minimum Gasteiger partial charge on any atom is -0.397 e. The Kier molecular flexibility index (Phi) is 3.94. The molecule has 1 heterocycles. The Morgan fingerprint density at radius 3 is 2.60 bits per heavy atom. The molecule has 0 radical (unpaired) electrons. The fourth-order valence-corrected chi connectivity index (χ4v) is 2.18. The zero-order valence-corrected chi connectivity index (χ0v) is 11.1. The van der Waals surface area contributed by atoms with Crippen molar-refractivity contribution in [2.45, 2.75) is 12.6 Å². The van der Waals surface area contributed by atoms with E-state index in [-0.39, 0.29) is 35.8 Å². The van der Waals surface area contributed by atoms with Gasteiger partial charge >= 0.3 is 6.18 Å². The summed E-state index contributed by atoms with van der Waals surface area (Å²) >= 11 is 5.82. The third-order valence-electron chi connectivity index (χ3n) is 3.14.